The molecule has 2 amide bonds. The van der Waals surface area contributed by atoms with E-state index in [0.29, 0.717) is 35.0 Å². The first-order chi connectivity index (χ1) is 17.0. The van der Waals surface area contributed by atoms with Crippen LogP contribution in [0.5, 0.6) is 5.75 Å². The van der Waals surface area contributed by atoms with Crippen molar-refractivity contribution in [3.05, 3.63) is 94.3 Å². The van der Waals surface area contributed by atoms with Crippen molar-refractivity contribution in [3.8, 4) is 5.75 Å². The quantitative estimate of drug-likeness (QED) is 0.433. The number of amides is 2. The predicted molar refractivity (Wildman–Crippen MR) is 140 cm³/mol. The number of hydrogen-bond donors (Lipinski definition) is 1. The van der Waals surface area contributed by atoms with Crippen molar-refractivity contribution in [3.63, 3.8) is 0 Å². The van der Waals surface area contributed by atoms with Gasteiger partial charge in [-0.25, -0.2) is 4.39 Å². The lowest BCUT2D eigenvalue weighted by Crippen LogP contribution is -2.45. The van der Waals surface area contributed by atoms with Crippen LogP contribution >= 0.6 is 11.6 Å². The molecule has 3 aromatic rings. The molecule has 0 bridgehead atoms. The normalized spacial score (nSPS) is 16.2. The standard InChI is InChI=1S/C29H30ClFN2O3/c1-18(27(34)32-23-10-6-8-21(30)16-23)36-24-12-11-19-13-14-33(28(35)29(2,3)4)26(25(19)17-24)20-7-5-9-22(31)15-20/h5-12,15-18,26H,13-14H2,1-4H3,(H,32,34). The second kappa shape index (κ2) is 10.3. The van der Waals surface area contributed by atoms with Crippen LogP contribution in [0.15, 0.2) is 66.7 Å². The number of nitrogens with zero attached hydrogens (tertiary/aromatic N) is 1. The first-order valence-corrected chi connectivity index (χ1v) is 12.3. The molecule has 0 radical (unpaired) electrons. The molecular weight excluding hydrogens is 479 g/mol. The summed E-state index contributed by atoms with van der Waals surface area (Å²) in [5, 5.41) is 3.32. The van der Waals surface area contributed by atoms with Crippen LogP contribution in [0, 0.1) is 11.2 Å². The third-order valence-corrected chi connectivity index (χ3v) is 6.42. The zero-order chi connectivity index (χ0) is 26.0. The minimum atomic E-state index is -0.787. The van der Waals surface area contributed by atoms with Crippen LogP contribution in [-0.4, -0.2) is 29.4 Å². The van der Waals surface area contributed by atoms with E-state index < -0.39 is 17.6 Å². The van der Waals surface area contributed by atoms with Gasteiger partial charge in [-0.2, -0.15) is 0 Å². The van der Waals surface area contributed by atoms with E-state index in [1.165, 1.54) is 12.1 Å². The molecule has 1 heterocycles. The number of benzene rings is 3. The van der Waals surface area contributed by atoms with Crippen molar-refractivity contribution in [1.29, 1.82) is 0 Å². The van der Waals surface area contributed by atoms with E-state index in [1.54, 1.807) is 37.3 Å². The van der Waals surface area contributed by atoms with Crippen molar-refractivity contribution >= 4 is 29.1 Å². The van der Waals surface area contributed by atoms with E-state index in [-0.39, 0.29) is 17.6 Å². The Kier molecular flexibility index (Phi) is 7.36. The number of carbonyl (C=O) groups excluding carboxylic acids is 2. The minimum Gasteiger partial charge on any atom is -0.481 e. The molecule has 2 unspecified atom stereocenters. The molecule has 2 atom stereocenters. The topological polar surface area (TPSA) is 58.6 Å². The highest BCUT2D eigenvalue weighted by atomic mass is 35.5. The molecule has 0 saturated carbocycles. The van der Waals surface area contributed by atoms with Crippen molar-refractivity contribution in [2.45, 2.75) is 46.3 Å². The van der Waals surface area contributed by atoms with Crippen molar-refractivity contribution in [2.24, 2.45) is 5.41 Å². The Labute approximate surface area is 216 Å². The van der Waals surface area contributed by atoms with Crippen LogP contribution in [0.1, 0.15) is 50.4 Å². The van der Waals surface area contributed by atoms with Crippen molar-refractivity contribution in [1.82, 2.24) is 4.90 Å². The first-order valence-electron chi connectivity index (χ1n) is 12.0. The molecule has 0 aromatic heterocycles. The first kappa shape index (κ1) is 25.7. The maximum Gasteiger partial charge on any atom is 0.265 e. The van der Waals surface area contributed by atoms with Crippen molar-refractivity contribution < 1.29 is 18.7 Å². The van der Waals surface area contributed by atoms with Crippen LogP contribution < -0.4 is 10.1 Å². The van der Waals surface area contributed by atoms with Crippen LogP contribution in [0.4, 0.5) is 10.1 Å². The van der Waals surface area contributed by atoms with Gasteiger partial charge in [-0.3, -0.25) is 9.59 Å². The predicted octanol–water partition coefficient (Wildman–Crippen LogP) is 6.41. The lowest BCUT2D eigenvalue weighted by molar-refractivity contribution is -0.141. The van der Waals surface area contributed by atoms with Crippen molar-refractivity contribution in [2.75, 3.05) is 11.9 Å². The fourth-order valence-corrected chi connectivity index (χ4v) is 4.61. The van der Waals surface area contributed by atoms with E-state index in [2.05, 4.69) is 5.32 Å². The Bertz CT molecular complexity index is 1290. The van der Waals surface area contributed by atoms with Gasteiger partial charge in [0, 0.05) is 22.7 Å². The summed E-state index contributed by atoms with van der Waals surface area (Å²) >= 11 is 6.01. The Morgan fingerprint density at radius 1 is 1.08 bits per heavy atom. The maximum atomic E-state index is 14.2. The number of fused-ring (bicyclic) bond motifs is 1. The van der Waals surface area contributed by atoms with Gasteiger partial charge in [-0.05, 0) is 72.5 Å². The molecule has 36 heavy (non-hydrogen) atoms. The average molecular weight is 509 g/mol. The van der Waals surface area contributed by atoms with Crippen LogP contribution in [0.3, 0.4) is 0 Å². The van der Waals surface area contributed by atoms with Gasteiger partial charge in [-0.15, -0.1) is 0 Å². The van der Waals surface area contributed by atoms with E-state index >= 15 is 0 Å². The Morgan fingerprint density at radius 3 is 2.53 bits per heavy atom. The van der Waals surface area contributed by atoms with Crippen LogP contribution in [0.25, 0.3) is 0 Å². The molecule has 0 fully saturated rings. The minimum absolute atomic E-state index is 0.0111. The van der Waals surface area contributed by atoms with Crippen LogP contribution in [0.2, 0.25) is 5.02 Å². The number of nitrogens with one attached hydrogen (secondary N) is 1. The van der Waals surface area contributed by atoms with Gasteiger partial charge in [0.1, 0.15) is 11.6 Å². The van der Waals surface area contributed by atoms with Gasteiger partial charge < -0.3 is 15.0 Å². The largest absolute Gasteiger partial charge is 0.481 e. The van der Waals surface area contributed by atoms with Gasteiger partial charge in [0.05, 0.1) is 6.04 Å². The third kappa shape index (κ3) is 5.71. The molecule has 188 valence electrons. The summed E-state index contributed by atoms with van der Waals surface area (Å²) in [6.45, 7) is 7.84. The molecule has 1 aliphatic heterocycles. The summed E-state index contributed by atoms with van der Waals surface area (Å²) in [5.41, 5.74) is 2.60. The molecule has 0 spiro atoms. The van der Waals surface area contributed by atoms with Gasteiger partial charge in [0.15, 0.2) is 6.10 Å². The zero-order valence-corrected chi connectivity index (χ0v) is 21.6. The maximum absolute atomic E-state index is 14.2. The number of carbonyl (C=O) groups is 2. The number of ether oxygens (including phenoxy) is 1. The SMILES string of the molecule is CC(Oc1ccc2c(c1)C(c1cccc(F)c1)N(C(=O)C(C)(C)C)CC2)C(=O)Nc1cccc(Cl)c1. The Balaban J connectivity index is 1.64. The molecule has 4 rings (SSSR count). The number of halogens is 2. The van der Waals surface area contributed by atoms with E-state index in [4.69, 9.17) is 16.3 Å². The average Bonchev–Trinajstić information content (AvgIpc) is 2.82. The highest BCUT2D eigenvalue weighted by Gasteiger charge is 2.37. The molecule has 3 aromatic carbocycles. The van der Waals surface area contributed by atoms with E-state index in [0.717, 1.165) is 11.1 Å². The highest BCUT2D eigenvalue weighted by Crippen LogP contribution is 2.39. The van der Waals surface area contributed by atoms with Crippen LogP contribution in [-0.2, 0) is 16.0 Å². The Morgan fingerprint density at radius 2 is 1.83 bits per heavy atom. The fraction of sp³-hybridized carbons (Fsp3) is 0.310. The summed E-state index contributed by atoms with van der Waals surface area (Å²) < 4.78 is 20.2. The molecule has 0 saturated heterocycles. The zero-order valence-electron chi connectivity index (χ0n) is 20.8. The molecule has 1 N–H and O–H groups in total. The summed E-state index contributed by atoms with van der Waals surface area (Å²) in [5.74, 6) is -0.195. The second-order valence-electron chi connectivity index (χ2n) is 10.1. The monoisotopic (exact) mass is 508 g/mol. The molecule has 7 heteroatoms. The smallest absolute Gasteiger partial charge is 0.265 e. The molecular formula is C29H30ClFN2O3. The number of rotatable bonds is 5. The molecule has 5 nitrogen and oxygen atoms in total. The van der Waals surface area contributed by atoms with Gasteiger partial charge in [-0.1, -0.05) is 56.6 Å². The molecule has 1 aliphatic rings. The summed E-state index contributed by atoms with van der Waals surface area (Å²) in [7, 11) is 0. The molecule has 0 aliphatic carbocycles. The highest BCUT2D eigenvalue weighted by molar-refractivity contribution is 6.30. The lowest BCUT2D eigenvalue weighted by atomic mass is 9.85. The lowest BCUT2D eigenvalue weighted by Gasteiger charge is -2.41. The summed E-state index contributed by atoms with van der Waals surface area (Å²) in [6, 6.07) is 18.4. The van der Waals surface area contributed by atoms with Gasteiger partial charge in [0.25, 0.3) is 5.91 Å². The fourth-order valence-electron chi connectivity index (χ4n) is 4.42. The number of anilines is 1. The van der Waals surface area contributed by atoms with Gasteiger partial charge >= 0.3 is 0 Å². The Hall–Kier alpha value is -3.38. The van der Waals surface area contributed by atoms with E-state index in [1.807, 2.05) is 49.9 Å². The summed E-state index contributed by atoms with van der Waals surface area (Å²) in [6.07, 6.45) is -0.112. The number of hydrogen-bond acceptors (Lipinski definition) is 3. The van der Waals surface area contributed by atoms with E-state index in [9.17, 15) is 14.0 Å². The van der Waals surface area contributed by atoms with Gasteiger partial charge in [0.2, 0.25) is 5.91 Å². The third-order valence-electron chi connectivity index (χ3n) is 6.19. The summed E-state index contributed by atoms with van der Waals surface area (Å²) in [4.78, 5) is 27.9. The second-order valence-corrected chi connectivity index (χ2v) is 10.5.